The van der Waals surface area contributed by atoms with Gasteiger partial charge in [-0.3, -0.25) is 14.9 Å². The minimum Gasteiger partial charge on any atom is -0.483 e. The first kappa shape index (κ1) is 20.1. The summed E-state index contributed by atoms with van der Waals surface area (Å²) < 4.78 is 8.34. The van der Waals surface area contributed by atoms with Gasteiger partial charge in [-0.2, -0.15) is 10.1 Å². The number of para-hydroxylation sites is 1. The number of amides is 2. The van der Waals surface area contributed by atoms with Crippen molar-refractivity contribution < 1.29 is 14.3 Å². The normalized spacial score (nSPS) is 15.3. The molecular weight excluding hydrogens is 450 g/mol. The highest BCUT2D eigenvalue weighted by Crippen LogP contribution is 2.36. The van der Waals surface area contributed by atoms with E-state index in [-0.39, 0.29) is 30.9 Å². The highest BCUT2D eigenvalue weighted by Gasteiger charge is 2.30. The average molecular weight is 470 g/mol. The lowest BCUT2D eigenvalue weighted by Crippen LogP contribution is -2.30. The molecule has 154 valence electrons. The monoisotopic (exact) mass is 469 g/mol. The number of hydrogen-bond acceptors (Lipinski definition) is 5. The highest BCUT2D eigenvalue weighted by molar-refractivity contribution is 9.10. The Morgan fingerprint density at radius 1 is 1.30 bits per heavy atom. The van der Waals surface area contributed by atoms with Crippen LogP contribution >= 0.6 is 15.9 Å². The number of ether oxygens (including phenoxy) is 1. The molecule has 1 aliphatic heterocycles. The smallest absolute Gasteiger partial charge is 0.262 e. The molecule has 8 nitrogen and oxygen atoms in total. The van der Waals surface area contributed by atoms with Crippen molar-refractivity contribution in [2.45, 2.75) is 26.3 Å². The largest absolute Gasteiger partial charge is 0.483 e. The molecule has 0 aliphatic carbocycles. The molecule has 4 rings (SSSR count). The van der Waals surface area contributed by atoms with Gasteiger partial charge in [-0.1, -0.05) is 34.1 Å². The molecule has 2 N–H and O–H groups in total. The van der Waals surface area contributed by atoms with Crippen LogP contribution in [0.2, 0.25) is 0 Å². The SMILES string of the molecule is Cc1cccc(C)c1NC(=O)COc1ccc(Br)cc1[C@@H]1CC(=O)Nc2ncnn21. The molecule has 30 heavy (non-hydrogen) atoms. The molecule has 0 saturated carbocycles. The van der Waals surface area contributed by atoms with Crippen LogP contribution in [0.3, 0.4) is 0 Å². The molecule has 2 amide bonds. The van der Waals surface area contributed by atoms with Crippen LogP contribution in [-0.4, -0.2) is 33.2 Å². The molecule has 2 heterocycles. The summed E-state index contributed by atoms with van der Waals surface area (Å²) >= 11 is 3.47. The molecule has 1 atom stereocenters. The summed E-state index contributed by atoms with van der Waals surface area (Å²) in [4.78, 5) is 28.7. The van der Waals surface area contributed by atoms with Crippen LogP contribution in [-0.2, 0) is 9.59 Å². The van der Waals surface area contributed by atoms with Crippen LogP contribution in [0.25, 0.3) is 0 Å². The summed E-state index contributed by atoms with van der Waals surface area (Å²) in [6.07, 6.45) is 1.59. The number of carbonyl (C=O) groups excluding carboxylic acids is 2. The molecule has 0 spiro atoms. The molecule has 1 aliphatic rings. The molecular formula is C21H20BrN5O3. The molecule has 0 saturated heterocycles. The Balaban J connectivity index is 1.55. The first-order chi connectivity index (χ1) is 14.4. The van der Waals surface area contributed by atoms with E-state index in [1.54, 1.807) is 10.7 Å². The Morgan fingerprint density at radius 2 is 2.07 bits per heavy atom. The van der Waals surface area contributed by atoms with Crippen LogP contribution < -0.4 is 15.4 Å². The fourth-order valence-corrected chi connectivity index (χ4v) is 3.87. The van der Waals surface area contributed by atoms with Crippen LogP contribution in [0.5, 0.6) is 5.75 Å². The van der Waals surface area contributed by atoms with E-state index in [2.05, 4.69) is 36.6 Å². The number of anilines is 2. The average Bonchev–Trinajstić information content (AvgIpc) is 3.17. The van der Waals surface area contributed by atoms with Crippen molar-refractivity contribution in [2.24, 2.45) is 0 Å². The van der Waals surface area contributed by atoms with Gasteiger partial charge in [0.2, 0.25) is 11.9 Å². The van der Waals surface area contributed by atoms with E-state index < -0.39 is 0 Å². The Labute approximate surface area is 181 Å². The van der Waals surface area contributed by atoms with E-state index >= 15 is 0 Å². The summed E-state index contributed by atoms with van der Waals surface area (Å²) in [6, 6.07) is 10.9. The van der Waals surface area contributed by atoms with Gasteiger partial charge in [-0.05, 0) is 43.2 Å². The van der Waals surface area contributed by atoms with Gasteiger partial charge in [0.25, 0.3) is 5.91 Å². The second-order valence-corrected chi connectivity index (χ2v) is 8.00. The third-order valence-corrected chi connectivity index (χ3v) is 5.43. The topological polar surface area (TPSA) is 98.1 Å². The molecule has 2 aromatic carbocycles. The van der Waals surface area contributed by atoms with Crippen molar-refractivity contribution >= 4 is 39.4 Å². The van der Waals surface area contributed by atoms with Gasteiger partial charge in [-0.15, -0.1) is 0 Å². The van der Waals surface area contributed by atoms with E-state index in [1.165, 1.54) is 6.33 Å². The number of fused-ring (bicyclic) bond motifs is 1. The number of rotatable bonds is 5. The minimum absolute atomic E-state index is 0.154. The number of carbonyl (C=O) groups is 2. The number of nitrogens with zero attached hydrogens (tertiary/aromatic N) is 3. The summed E-state index contributed by atoms with van der Waals surface area (Å²) in [7, 11) is 0. The first-order valence-electron chi connectivity index (χ1n) is 9.40. The number of benzene rings is 2. The van der Waals surface area contributed by atoms with E-state index in [0.29, 0.717) is 11.7 Å². The van der Waals surface area contributed by atoms with Crippen molar-refractivity contribution in [2.75, 3.05) is 17.2 Å². The zero-order chi connectivity index (χ0) is 21.3. The molecule has 1 aromatic heterocycles. The van der Waals surface area contributed by atoms with Crippen molar-refractivity contribution in [1.82, 2.24) is 14.8 Å². The maximum atomic E-state index is 12.5. The van der Waals surface area contributed by atoms with E-state index in [1.807, 2.05) is 44.2 Å². The van der Waals surface area contributed by atoms with Crippen molar-refractivity contribution in [3.05, 3.63) is 63.9 Å². The Kier molecular flexibility index (Phi) is 5.54. The van der Waals surface area contributed by atoms with Crippen LogP contribution in [0.1, 0.15) is 29.2 Å². The van der Waals surface area contributed by atoms with Crippen molar-refractivity contribution in [3.8, 4) is 5.75 Å². The van der Waals surface area contributed by atoms with Gasteiger partial charge in [0.1, 0.15) is 12.1 Å². The van der Waals surface area contributed by atoms with E-state index in [9.17, 15) is 9.59 Å². The summed E-state index contributed by atoms with van der Waals surface area (Å²) in [5, 5.41) is 9.84. The number of hydrogen-bond donors (Lipinski definition) is 2. The first-order valence-corrected chi connectivity index (χ1v) is 10.2. The second kappa shape index (κ2) is 8.27. The maximum absolute atomic E-state index is 12.5. The lowest BCUT2D eigenvalue weighted by molar-refractivity contribution is -0.118. The number of halogens is 1. The maximum Gasteiger partial charge on any atom is 0.262 e. The fraction of sp³-hybridized carbons (Fsp3) is 0.238. The van der Waals surface area contributed by atoms with Gasteiger partial charge in [0.05, 0.1) is 12.5 Å². The van der Waals surface area contributed by atoms with Gasteiger partial charge in [0.15, 0.2) is 6.61 Å². The number of aryl methyl sites for hydroxylation is 2. The van der Waals surface area contributed by atoms with E-state index in [0.717, 1.165) is 26.9 Å². The van der Waals surface area contributed by atoms with Gasteiger partial charge >= 0.3 is 0 Å². The van der Waals surface area contributed by atoms with E-state index in [4.69, 9.17) is 4.74 Å². The van der Waals surface area contributed by atoms with Gasteiger partial charge in [-0.25, -0.2) is 4.68 Å². The predicted octanol–water partition coefficient (Wildman–Crippen LogP) is 3.61. The highest BCUT2D eigenvalue weighted by atomic mass is 79.9. The molecule has 0 fully saturated rings. The standard InChI is InChI=1S/C21H20BrN5O3/c1-12-4-3-5-13(2)20(12)25-19(29)10-30-17-7-6-14(22)8-15(17)16-9-18(28)26-21-23-11-24-27(16)21/h3-8,11,16H,9-10H2,1-2H3,(H,25,29)(H,23,24,26,28)/t16-/m0/s1. The zero-order valence-corrected chi connectivity index (χ0v) is 18.1. The van der Waals surface area contributed by atoms with Gasteiger partial charge < -0.3 is 10.1 Å². The molecule has 3 aromatic rings. The quantitative estimate of drug-likeness (QED) is 0.594. The van der Waals surface area contributed by atoms with Crippen molar-refractivity contribution in [3.63, 3.8) is 0 Å². The molecule has 0 unspecified atom stereocenters. The predicted molar refractivity (Wildman–Crippen MR) is 116 cm³/mol. The number of aromatic nitrogens is 3. The van der Waals surface area contributed by atoms with Crippen LogP contribution in [0.4, 0.5) is 11.6 Å². The zero-order valence-electron chi connectivity index (χ0n) is 16.5. The minimum atomic E-state index is -0.384. The molecule has 0 radical (unpaired) electrons. The Bertz CT molecular complexity index is 1110. The lowest BCUT2D eigenvalue weighted by atomic mass is 10.0. The Morgan fingerprint density at radius 3 is 2.83 bits per heavy atom. The summed E-state index contributed by atoms with van der Waals surface area (Å²) in [5.41, 5.74) is 3.50. The lowest BCUT2D eigenvalue weighted by Gasteiger charge is -2.25. The third kappa shape index (κ3) is 4.06. The van der Waals surface area contributed by atoms with Crippen LogP contribution in [0, 0.1) is 13.8 Å². The van der Waals surface area contributed by atoms with Crippen LogP contribution in [0.15, 0.2) is 47.2 Å². The number of nitrogens with one attached hydrogen (secondary N) is 2. The summed E-state index contributed by atoms with van der Waals surface area (Å²) in [5.74, 6) is 0.481. The second-order valence-electron chi connectivity index (χ2n) is 7.08. The van der Waals surface area contributed by atoms with Crippen molar-refractivity contribution in [1.29, 1.82) is 0 Å². The van der Waals surface area contributed by atoms with Gasteiger partial charge in [0, 0.05) is 15.7 Å². The molecule has 0 bridgehead atoms. The summed E-state index contributed by atoms with van der Waals surface area (Å²) in [6.45, 7) is 3.73. The fourth-order valence-electron chi connectivity index (χ4n) is 3.49. The molecule has 9 heteroatoms. The third-order valence-electron chi connectivity index (χ3n) is 4.93. The Hall–Kier alpha value is -3.20.